The molecule has 1 heterocycles. The first kappa shape index (κ1) is 18.5. The van der Waals surface area contributed by atoms with Gasteiger partial charge in [-0.25, -0.2) is 4.98 Å². The number of fused-ring (bicyclic) bond motifs is 1. The third-order valence-corrected chi connectivity index (χ3v) is 4.98. The van der Waals surface area contributed by atoms with Crippen LogP contribution in [0.25, 0.3) is 10.9 Å². The first-order valence-electron chi connectivity index (χ1n) is 7.89. The van der Waals surface area contributed by atoms with Crippen LogP contribution in [0.5, 0.6) is 0 Å². The molecule has 126 valence electrons. The monoisotopic (exact) mass is 398 g/mol. The summed E-state index contributed by atoms with van der Waals surface area (Å²) < 4.78 is 2.67. The topological polar surface area (TPSA) is 55.1 Å². The van der Waals surface area contributed by atoms with Crippen molar-refractivity contribution in [2.45, 2.75) is 51.4 Å². The van der Waals surface area contributed by atoms with Crippen LogP contribution in [0.2, 0.25) is 0 Å². The lowest BCUT2D eigenvalue weighted by molar-refractivity contribution is 0.184. The molecule has 1 aromatic heterocycles. The minimum atomic E-state index is -0.282. The molecule has 4 nitrogen and oxygen atoms in total. The second-order valence-corrected chi connectivity index (χ2v) is 8.18. The van der Waals surface area contributed by atoms with Crippen molar-refractivity contribution < 1.29 is 5.11 Å². The number of thioether (sulfide) groups is 1. The summed E-state index contributed by atoms with van der Waals surface area (Å²) in [5.74, 6) is 1.22. The van der Waals surface area contributed by atoms with Crippen LogP contribution in [0.1, 0.15) is 33.6 Å². The van der Waals surface area contributed by atoms with Gasteiger partial charge in [-0.05, 0) is 43.9 Å². The van der Waals surface area contributed by atoms with Gasteiger partial charge in [0.05, 0.1) is 17.0 Å². The van der Waals surface area contributed by atoms with Crippen molar-refractivity contribution in [2.75, 3.05) is 5.75 Å². The molecule has 0 saturated carbocycles. The van der Waals surface area contributed by atoms with Crippen LogP contribution in [-0.2, 0) is 6.54 Å². The highest BCUT2D eigenvalue weighted by Gasteiger charge is 2.13. The zero-order chi connectivity index (χ0) is 17.0. The summed E-state index contributed by atoms with van der Waals surface area (Å²) in [5, 5.41) is 10.8. The van der Waals surface area contributed by atoms with Crippen LogP contribution in [0.4, 0.5) is 0 Å². The smallest absolute Gasteiger partial charge is 0.262 e. The van der Waals surface area contributed by atoms with Crippen LogP contribution in [0.15, 0.2) is 32.6 Å². The Labute approximate surface area is 149 Å². The Kier molecular flexibility index (Phi) is 6.68. The molecule has 0 aliphatic heterocycles. The second-order valence-electron chi connectivity index (χ2n) is 6.21. The number of aliphatic hydroxyl groups excluding tert-OH is 1. The summed E-state index contributed by atoms with van der Waals surface area (Å²) >= 11 is 5.01. The molecule has 0 aliphatic rings. The molecule has 23 heavy (non-hydrogen) atoms. The summed E-state index contributed by atoms with van der Waals surface area (Å²) in [4.78, 5) is 17.5. The van der Waals surface area contributed by atoms with E-state index in [-0.39, 0.29) is 11.7 Å². The molecule has 0 radical (unpaired) electrons. The molecule has 2 aromatic rings. The molecule has 1 N–H and O–H groups in total. The minimum absolute atomic E-state index is 0.0167. The van der Waals surface area contributed by atoms with Crippen LogP contribution < -0.4 is 5.56 Å². The predicted octanol–water partition coefficient (Wildman–Crippen LogP) is 4.07. The molecule has 0 aliphatic carbocycles. The van der Waals surface area contributed by atoms with E-state index in [0.29, 0.717) is 17.8 Å². The highest BCUT2D eigenvalue weighted by atomic mass is 79.9. The Hall–Kier alpha value is -0.850. The Morgan fingerprint density at radius 3 is 2.74 bits per heavy atom. The molecule has 0 fully saturated rings. The van der Waals surface area contributed by atoms with Gasteiger partial charge in [-0.1, -0.05) is 41.5 Å². The summed E-state index contributed by atoms with van der Waals surface area (Å²) in [7, 11) is 0. The average molecular weight is 399 g/mol. The third kappa shape index (κ3) is 5.06. The number of benzene rings is 1. The van der Waals surface area contributed by atoms with Gasteiger partial charge in [-0.2, -0.15) is 0 Å². The van der Waals surface area contributed by atoms with Gasteiger partial charge >= 0.3 is 0 Å². The average Bonchev–Trinajstić information content (AvgIpc) is 2.47. The number of halogens is 1. The third-order valence-electron chi connectivity index (χ3n) is 3.43. The largest absolute Gasteiger partial charge is 0.393 e. The lowest BCUT2D eigenvalue weighted by atomic mass is 10.2. The lowest BCUT2D eigenvalue weighted by Gasteiger charge is -2.15. The molecular weight excluding hydrogens is 376 g/mol. The molecular formula is C17H23BrN2O2S. The summed E-state index contributed by atoms with van der Waals surface area (Å²) in [6.45, 7) is 6.65. The first-order valence-corrected chi connectivity index (χ1v) is 9.67. The maximum atomic E-state index is 12.8. The number of aromatic nitrogens is 2. The Morgan fingerprint density at radius 1 is 1.35 bits per heavy atom. The van der Waals surface area contributed by atoms with Crippen molar-refractivity contribution in [3.63, 3.8) is 0 Å². The minimum Gasteiger partial charge on any atom is -0.393 e. The lowest BCUT2D eigenvalue weighted by Crippen LogP contribution is -2.25. The van der Waals surface area contributed by atoms with Crippen LogP contribution in [0, 0.1) is 5.92 Å². The van der Waals surface area contributed by atoms with Gasteiger partial charge < -0.3 is 5.11 Å². The van der Waals surface area contributed by atoms with Crippen molar-refractivity contribution >= 4 is 38.6 Å². The maximum Gasteiger partial charge on any atom is 0.262 e. The van der Waals surface area contributed by atoms with E-state index in [0.717, 1.165) is 33.7 Å². The zero-order valence-electron chi connectivity index (χ0n) is 13.8. The number of hydrogen-bond acceptors (Lipinski definition) is 4. The first-order chi connectivity index (χ1) is 10.9. The van der Waals surface area contributed by atoms with Crippen LogP contribution in [-0.4, -0.2) is 26.5 Å². The number of aliphatic hydroxyl groups is 1. The molecule has 1 unspecified atom stereocenters. The van der Waals surface area contributed by atoms with E-state index in [1.165, 1.54) is 0 Å². The quantitative estimate of drug-likeness (QED) is 0.433. The van der Waals surface area contributed by atoms with E-state index in [9.17, 15) is 9.90 Å². The second kappa shape index (κ2) is 8.31. The van der Waals surface area contributed by atoms with Crippen molar-refractivity contribution in [3.05, 3.63) is 33.0 Å². The highest BCUT2D eigenvalue weighted by Crippen LogP contribution is 2.22. The molecule has 1 aromatic carbocycles. The number of nitrogens with zero attached hydrogens (tertiary/aromatic N) is 2. The van der Waals surface area contributed by atoms with Gasteiger partial charge in [-0.3, -0.25) is 9.36 Å². The molecule has 0 saturated heterocycles. The molecule has 6 heteroatoms. The van der Waals surface area contributed by atoms with Crippen LogP contribution >= 0.6 is 27.7 Å². The fraction of sp³-hybridized carbons (Fsp3) is 0.529. The molecule has 0 spiro atoms. The van der Waals surface area contributed by atoms with E-state index in [4.69, 9.17) is 0 Å². The number of rotatable bonds is 7. The number of hydrogen-bond donors (Lipinski definition) is 1. The van der Waals surface area contributed by atoms with Crippen LogP contribution in [0.3, 0.4) is 0 Å². The zero-order valence-corrected chi connectivity index (χ0v) is 16.2. The van der Waals surface area contributed by atoms with Crippen molar-refractivity contribution in [3.8, 4) is 0 Å². The van der Waals surface area contributed by atoms with Gasteiger partial charge in [0.1, 0.15) is 0 Å². The predicted molar refractivity (Wildman–Crippen MR) is 100 cm³/mol. The molecule has 2 rings (SSSR count). The molecule has 1 atom stereocenters. The van der Waals surface area contributed by atoms with Gasteiger partial charge in [0.2, 0.25) is 0 Å². The Bertz CT molecular complexity index is 728. The van der Waals surface area contributed by atoms with Gasteiger partial charge in [0.15, 0.2) is 5.16 Å². The fourth-order valence-electron chi connectivity index (χ4n) is 2.35. The van der Waals surface area contributed by atoms with E-state index in [1.807, 2.05) is 18.2 Å². The summed E-state index contributed by atoms with van der Waals surface area (Å²) in [5.41, 5.74) is 0.749. The summed E-state index contributed by atoms with van der Waals surface area (Å²) in [6, 6.07) is 5.62. The molecule has 0 amide bonds. The van der Waals surface area contributed by atoms with Gasteiger partial charge in [-0.15, -0.1) is 0 Å². The molecule has 0 bridgehead atoms. The SMILES string of the molecule is CC(C)Cn1c(SCCCC(C)O)nc2ccc(Br)cc2c1=O. The Balaban J connectivity index is 2.36. The normalized spacial score (nSPS) is 13.0. The van der Waals surface area contributed by atoms with E-state index < -0.39 is 0 Å². The van der Waals surface area contributed by atoms with Gasteiger partial charge in [0, 0.05) is 16.8 Å². The van der Waals surface area contributed by atoms with E-state index in [2.05, 4.69) is 34.8 Å². The van der Waals surface area contributed by atoms with E-state index in [1.54, 1.807) is 23.3 Å². The highest BCUT2D eigenvalue weighted by molar-refractivity contribution is 9.10. The standard InChI is InChI=1S/C17H23BrN2O2S/c1-11(2)10-20-16(22)14-9-13(18)6-7-15(14)19-17(20)23-8-4-5-12(3)21/h6-7,9,11-12,21H,4-5,8,10H2,1-3H3. The van der Waals surface area contributed by atoms with Crippen molar-refractivity contribution in [2.24, 2.45) is 5.92 Å². The maximum absolute atomic E-state index is 12.8. The van der Waals surface area contributed by atoms with Gasteiger partial charge in [0.25, 0.3) is 5.56 Å². The van der Waals surface area contributed by atoms with Crippen molar-refractivity contribution in [1.29, 1.82) is 0 Å². The summed E-state index contributed by atoms with van der Waals surface area (Å²) in [6.07, 6.45) is 1.38. The van der Waals surface area contributed by atoms with Crippen molar-refractivity contribution in [1.82, 2.24) is 9.55 Å². The van der Waals surface area contributed by atoms with E-state index >= 15 is 0 Å². The fourth-order valence-corrected chi connectivity index (χ4v) is 3.68. The Morgan fingerprint density at radius 2 is 2.09 bits per heavy atom.